The van der Waals surface area contributed by atoms with E-state index in [9.17, 15) is 19.7 Å². The van der Waals surface area contributed by atoms with E-state index >= 15 is 0 Å². The van der Waals surface area contributed by atoms with Crippen molar-refractivity contribution in [1.29, 1.82) is 0 Å². The number of nitrogens with zero attached hydrogens (tertiary/aromatic N) is 2. The molecular formula is C22H21N3O6S. The Balaban J connectivity index is 1.58. The van der Waals surface area contributed by atoms with Gasteiger partial charge in [0.15, 0.2) is 5.76 Å². The Kier molecular flexibility index (Phi) is 6.33. The average Bonchev–Trinajstić information content (AvgIpc) is 3.39. The summed E-state index contributed by atoms with van der Waals surface area (Å²) in [4.78, 5) is 38.7. The van der Waals surface area contributed by atoms with Gasteiger partial charge in [-0.2, -0.15) is 0 Å². The summed E-state index contributed by atoms with van der Waals surface area (Å²) in [5.74, 6) is -1.89. The molecule has 1 aliphatic heterocycles. The zero-order valence-corrected chi connectivity index (χ0v) is 18.1. The van der Waals surface area contributed by atoms with Gasteiger partial charge in [0.1, 0.15) is 9.92 Å². The molecule has 1 aliphatic rings. The van der Waals surface area contributed by atoms with E-state index in [2.05, 4.69) is 22.3 Å². The van der Waals surface area contributed by atoms with E-state index < -0.39 is 22.7 Å². The molecule has 0 saturated carbocycles. The topological polar surface area (TPSA) is 115 Å². The molecule has 0 fully saturated rings. The predicted octanol–water partition coefficient (Wildman–Crippen LogP) is 4.24. The largest absolute Gasteiger partial charge is 0.462 e. The van der Waals surface area contributed by atoms with Gasteiger partial charge in [-0.3, -0.25) is 19.8 Å². The van der Waals surface area contributed by atoms with Crippen LogP contribution in [0.2, 0.25) is 0 Å². The van der Waals surface area contributed by atoms with Crippen molar-refractivity contribution in [2.24, 2.45) is 0 Å². The van der Waals surface area contributed by atoms with Gasteiger partial charge in [0.25, 0.3) is 5.91 Å². The van der Waals surface area contributed by atoms with Crippen LogP contribution >= 0.6 is 11.3 Å². The fraction of sp³-hybridized carbons (Fsp3) is 0.273. The number of thiophene rings is 1. The van der Waals surface area contributed by atoms with Crippen molar-refractivity contribution in [3.05, 3.63) is 79.9 Å². The first-order valence-electron chi connectivity index (χ1n) is 10.1. The van der Waals surface area contributed by atoms with E-state index in [4.69, 9.17) is 9.15 Å². The average molecular weight is 455 g/mol. The molecule has 0 atom stereocenters. The molecule has 1 N–H and O–H groups in total. The number of esters is 1. The van der Waals surface area contributed by atoms with Crippen LogP contribution in [0.5, 0.6) is 0 Å². The van der Waals surface area contributed by atoms with Crippen LogP contribution in [0.25, 0.3) is 0 Å². The SMILES string of the molecule is CCOC(=O)c1c(NC(=O)c2ccc([N+](=O)[O-])o2)sc2c1CCN(Cc1ccccc1)C2. The fourth-order valence-corrected chi connectivity index (χ4v) is 4.93. The maximum absolute atomic E-state index is 12.7. The van der Waals surface area contributed by atoms with Gasteiger partial charge in [0.05, 0.1) is 18.2 Å². The third kappa shape index (κ3) is 4.56. The molecule has 1 aromatic carbocycles. The number of ether oxygens (including phenoxy) is 1. The minimum Gasteiger partial charge on any atom is -0.462 e. The lowest BCUT2D eigenvalue weighted by molar-refractivity contribution is -0.402. The second-order valence-corrected chi connectivity index (χ2v) is 8.33. The number of nitrogens with one attached hydrogen (secondary N) is 1. The van der Waals surface area contributed by atoms with Crippen LogP contribution in [-0.2, 0) is 24.2 Å². The Bertz CT molecular complexity index is 1150. The maximum Gasteiger partial charge on any atom is 0.433 e. The summed E-state index contributed by atoms with van der Waals surface area (Å²) >= 11 is 1.32. The molecule has 32 heavy (non-hydrogen) atoms. The number of hydrogen-bond acceptors (Lipinski definition) is 8. The smallest absolute Gasteiger partial charge is 0.433 e. The van der Waals surface area contributed by atoms with Crippen molar-refractivity contribution < 1.29 is 23.7 Å². The van der Waals surface area contributed by atoms with Gasteiger partial charge >= 0.3 is 11.9 Å². The Morgan fingerprint density at radius 3 is 2.72 bits per heavy atom. The second kappa shape index (κ2) is 9.33. The summed E-state index contributed by atoms with van der Waals surface area (Å²) < 4.78 is 10.2. The molecule has 0 aliphatic carbocycles. The summed E-state index contributed by atoms with van der Waals surface area (Å²) in [7, 11) is 0. The zero-order chi connectivity index (χ0) is 22.7. The van der Waals surface area contributed by atoms with E-state index in [0.717, 1.165) is 29.6 Å². The molecule has 2 aromatic heterocycles. The Morgan fingerprint density at radius 2 is 2.03 bits per heavy atom. The maximum atomic E-state index is 12.7. The highest BCUT2D eigenvalue weighted by Gasteiger charge is 2.30. The third-order valence-electron chi connectivity index (χ3n) is 5.09. The second-order valence-electron chi connectivity index (χ2n) is 7.22. The molecule has 0 bridgehead atoms. The molecule has 0 saturated heterocycles. The molecule has 3 aromatic rings. The van der Waals surface area contributed by atoms with Crippen LogP contribution in [0.1, 0.15) is 43.8 Å². The van der Waals surface area contributed by atoms with E-state index in [-0.39, 0.29) is 12.4 Å². The lowest BCUT2D eigenvalue weighted by atomic mass is 10.0. The van der Waals surface area contributed by atoms with Crippen molar-refractivity contribution in [1.82, 2.24) is 4.90 Å². The summed E-state index contributed by atoms with van der Waals surface area (Å²) in [6.07, 6.45) is 0.648. The highest BCUT2D eigenvalue weighted by atomic mass is 32.1. The number of furan rings is 1. The van der Waals surface area contributed by atoms with Gasteiger partial charge in [-0.05, 0) is 30.5 Å². The van der Waals surface area contributed by atoms with Crippen molar-refractivity contribution in [2.75, 3.05) is 18.5 Å². The standard InChI is InChI=1S/C22H21N3O6S/c1-2-30-22(27)19-15-10-11-24(12-14-6-4-3-5-7-14)13-17(15)32-21(19)23-20(26)16-8-9-18(31-16)25(28)29/h3-9H,2,10-13H2,1H3,(H,23,26). The number of fused-ring (bicyclic) bond motifs is 1. The Hall–Kier alpha value is -3.50. The Morgan fingerprint density at radius 1 is 1.25 bits per heavy atom. The molecule has 0 unspecified atom stereocenters. The minimum atomic E-state index is -0.716. The number of benzene rings is 1. The number of hydrogen-bond donors (Lipinski definition) is 1. The fourth-order valence-electron chi connectivity index (χ4n) is 3.65. The molecule has 3 heterocycles. The van der Waals surface area contributed by atoms with Crippen LogP contribution in [-0.4, -0.2) is 34.9 Å². The molecule has 0 radical (unpaired) electrons. The number of carbonyl (C=O) groups is 2. The quantitative estimate of drug-likeness (QED) is 0.322. The van der Waals surface area contributed by atoms with Crippen molar-refractivity contribution in [2.45, 2.75) is 26.4 Å². The molecule has 166 valence electrons. The molecule has 0 spiro atoms. The normalized spacial score (nSPS) is 13.4. The van der Waals surface area contributed by atoms with Crippen LogP contribution in [0.4, 0.5) is 10.9 Å². The number of nitro groups is 1. The summed E-state index contributed by atoms with van der Waals surface area (Å²) in [6.45, 7) is 4.12. The third-order valence-corrected chi connectivity index (χ3v) is 6.22. The van der Waals surface area contributed by atoms with E-state index in [0.29, 0.717) is 23.5 Å². The number of anilines is 1. The van der Waals surface area contributed by atoms with E-state index in [1.807, 2.05) is 18.2 Å². The minimum absolute atomic E-state index is 0.205. The summed E-state index contributed by atoms with van der Waals surface area (Å²) in [6, 6.07) is 12.5. The van der Waals surface area contributed by atoms with Gasteiger partial charge in [-0.15, -0.1) is 11.3 Å². The highest BCUT2D eigenvalue weighted by molar-refractivity contribution is 7.17. The van der Waals surface area contributed by atoms with Crippen LogP contribution in [0.3, 0.4) is 0 Å². The number of carbonyl (C=O) groups excluding carboxylic acids is 2. The zero-order valence-electron chi connectivity index (χ0n) is 17.3. The van der Waals surface area contributed by atoms with E-state index in [1.54, 1.807) is 6.92 Å². The Labute approximate surface area is 187 Å². The van der Waals surface area contributed by atoms with Crippen LogP contribution < -0.4 is 5.32 Å². The van der Waals surface area contributed by atoms with Gasteiger partial charge in [-0.1, -0.05) is 30.3 Å². The molecule has 10 heteroatoms. The molecule has 1 amide bonds. The number of rotatable bonds is 7. The van der Waals surface area contributed by atoms with Gasteiger partial charge < -0.3 is 14.5 Å². The number of amides is 1. The first-order valence-corrected chi connectivity index (χ1v) is 10.9. The van der Waals surface area contributed by atoms with Gasteiger partial charge in [-0.25, -0.2) is 4.79 Å². The summed E-state index contributed by atoms with van der Waals surface area (Å²) in [5.41, 5.74) is 2.42. The molecule has 4 rings (SSSR count). The van der Waals surface area contributed by atoms with Crippen molar-refractivity contribution >= 4 is 34.1 Å². The monoisotopic (exact) mass is 455 g/mol. The lowest BCUT2D eigenvalue weighted by Crippen LogP contribution is -2.29. The van der Waals surface area contributed by atoms with E-state index in [1.165, 1.54) is 23.0 Å². The van der Waals surface area contributed by atoms with Crippen molar-refractivity contribution in [3.63, 3.8) is 0 Å². The molecule has 9 nitrogen and oxygen atoms in total. The van der Waals surface area contributed by atoms with Gasteiger partial charge in [0, 0.05) is 24.5 Å². The first kappa shape index (κ1) is 21.7. The predicted molar refractivity (Wildman–Crippen MR) is 118 cm³/mol. The van der Waals surface area contributed by atoms with Crippen molar-refractivity contribution in [3.8, 4) is 0 Å². The van der Waals surface area contributed by atoms with Gasteiger partial charge in [0.2, 0.25) is 0 Å². The lowest BCUT2D eigenvalue weighted by Gasteiger charge is -2.27. The molecular weight excluding hydrogens is 434 g/mol. The first-order chi connectivity index (χ1) is 15.5. The summed E-state index contributed by atoms with van der Waals surface area (Å²) in [5, 5.41) is 13.9. The van der Waals surface area contributed by atoms with Crippen LogP contribution in [0.15, 0.2) is 46.9 Å². The van der Waals surface area contributed by atoms with Crippen LogP contribution in [0, 0.1) is 10.1 Å². The highest BCUT2D eigenvalue weighted by Crippen LogP contribution is 2.38.